The standard InChI is InChI=1S/C9H14O/c1-5-8(2)6-9(3,4)7-10/h5-7H,1H2,2-4H3/b8-6+. The molecule has 0 fully saturated rings. The highest BCUT2D eigenvalue weighted by Gasteiger charge is 2.11. The summed E-state index contributed by atoms with van der Waals surface area (Å²) < 4.78 is 0. The van der Waals surface area contributed by atoms with Gasteiger partial charge in [-0.3, -0.25) is 0 Å². The van der Waals surface area contributed by atoms with Crippen LogP contribution >= 0.6 is 0 Å². The summed E-state index contributed by atoms with van der Waals surface area (Å²) in [6, 6.07) is 0. The highest BCUT2D eigenvalue weighted by atomic mass is 16.1. The van der Waals surface area contributed by atoms with E-state index in [0.29, 0.717) is 0 Å². The van der Waals surface area contributed by atoms with Crippen molar-refractivity contribution >= 4 is 6.29 Å². The van der Waals surface area contributed by atoms with Crippen molar-refractivity contribution in [1.82, 2.24) is 0 Å². The molecule has 0 unspecified atom stereocenters. The van der Waals surface area contributed by atoms with E-state index < -0.39 is 0 Å². The average Bonchev–Trinajstić information content (AvgIpc) is 1.87. The molecule has 0 bridgehead atoms. The van der Waals surface area contributed by atoms with Gasteiger partial charge in [-0.05, 0) is 20.8 Å². The van der Waals surface area contributed by atoms with Gasteiger partial charge in [0.25, 0.3) is 0 Å². The van der Waals surface area contributed by atoms with Crippen molar-refractivity contribution < 1.29 is 4.79 Å². The second kappa shape index (κ2) is 3.35. The van der Waals surface area contributed by atoms with Crippen LogP contribution in [0.2, 0.25) is 0 Å². The normalized spacial score (nSPS) is 12.9. The monoisotopic (exact) mass is 138 g/mol. The van der Waals surface area contributed by atoms with E-state index in [1.54, 1.807) is 6.08 Å². The first-order valence-electron chi connectivity index (χ1n) is 3.30. The molecule has 10 heavy (non-hydrogen) atoms. The molecule has 56 valence electrons. The average molecular weight is 138 g/mol. The number of carbonyl (C=O) groups excluding carboxylic acids is 1. The molecule has 0 aliphatic carbocycles. The Balaban J connectivity index is 4.37. The highest BCUT2D eigenvalue weighted by molar-refractivity contribution is 5.61. The van der Waals surface area contributed by atoms with E-state index in [1.165, 1.54) is 0 Å². The first-order chi connectivity index (χ1) is 4.52. The number of carbonyl (C=O) groups is 1. The lowest BCUT2D eigenvalue weighted by Gasteiger charge is -2.10. The summed E-state index contributed by atoms with van der Waals surface area (Å²) >= 11 is 0. The smallest absolute Gasteiger partial charge is 0.129 e. The SMILES string of the molecule is C=C/C(C)=C/C(C)(C)C=O. The Morgan fingerprint density at radius 3 is 2.30 bits per heavy atom. The summed E-state index contributed by atoms with van der Waals surface area (Å²) in [5, 5.41) is 0. The first-order valence-corrected chi connectivity index (χ1v) is 3.30. The van der Waals surface area contributed by atoms with Gasteiger partial charge in [0.05, 0.1) is 0 Å². The van der Waals surface area contributed by atoms with E-state index >= 15 is 0 Å². The molecular weight excluding hydrogens is 124 g/mol. The van der Waals surface area contributed by atoms with Crippen molar-refractivity contribution in [3.63, 3.8) is 0 Å². The van der Waals surface area contributed by atoms with E-state index in [2.05, 4.69) is 6.58 Å². The van der Waals surface area contributed by atoms with Crippen molar-refractivity contribution in [1.29, 1.82) is 0 Å². The Kier molecular flexibility index (Phi) is 3.07. The van der Waals surface area contributed by atoms with Crippen molar-refractivity contribution in [3.8, 4) is 0 Å². The summed E-state index contributed by atoms with van der Waals surface area (Å²) in [4.78, 5) is 10.4. The predicted octanol–water partition coefficient (Wildman–Crippen LogP) is 2.34. The lowest BCUT2D eigenvalue weighted by atomic mass is 9.93. The van der Waals surface area contributed by atoms with Crippen LogP contribution in [0.25, 0.3) is 0 Å². The Bertz CT molecular complexity index is 164. The Labute approximate surface area is 62.4 Å². The number of aldehydes is 1. The van der Waals surface area contributed by atoms with E-state index in [-0.39, 0.29) is 5.41 Å². The van der Waals surface area contributed by atoms with Crippen LogP contribution in [0.5, 0.6) is 0 Å². The molecule has 1 nitrogen and oxygen atoms in total. The van der Waals surface area contributed by atoms with Crippen LogP contribution in [0.1, 0.15) is 20.8 Å². The fourth-order valence-electron chi connectivity index (χ4n) is 0.680. The number of rotatable bonds is 3. The van der Waals surface area contributed by atoms with Gasteiger partial charge >= 0.3 is 0 Å². The number of allylic oxidation sites excluding steroid dienone is 3. The summed E-state index contributed by atoms with van der Waals surface area (Å²) in [5.74, 6) is 0. The molecule has 0 amide bonds. The summed E-state index contributed by atoms with van der Waals surface area (Å²) in [5.41, 5.74) is 0.690. The van der Waals surface area contributed by atoms with E-state index in [0.717, 1.165) is 11.9 Å². The maximum Gasteiger partial charge on any atom is 0.129 e. The number of hydrogen-bond acceptors (Lipinski definition) is 1. The molecule has 1 heteroatoms. The van der Waals surface area contributed by atoms with Crippen molar-refractivity contribution in [2.75, 3.05) is 0 Å². The zero-order valence-electron chi connectivity index (χ0n) is 6.85. The molecule has 0 aromatic heterocycles. The van der Waals surface area contributed by atoms with Gasteiger partial charge in [-0.15, -0.1) is 0 Å². The second-order valence-electron chi connectivity index (χ2n) is 3.03. The van der Waals surface area contributed by atoms with Crippen LogP contribution in [0.15, 0.2) is 24.3 Å². The lowest BCUT2D eigenvalue weighted by Crippen LogP contribution is -2.08. The van der Waals surface area contributed by atoms with Crippen LogP contribution in [0.3, 0.4) is 0 Å². The molecule has 0 saturated heterocycles. The molecule has 0 aromatic rings. The van der Waals surface area contributed by atoms with Crippen molar-refractivity contribution in [2.24, 2.45) is 5.41 Å². The van der Waals surface area contributed by atoms with Gasteiger partial charge in [-0.1, -0.05) is 24.3 Å². The third-order valence-electron chi connectivity index (χ3n) is 1.23. The maximum atomic E-state index is 10.4. The topological polar surface area (TPSA) is 17.1 Å². The molecule has 0 spiro atoms. The molecule has 0 rings (SSSR count). The molecule has 0 aliphatic rings. The van der Waals surface area contributed by atoms with Gasteiger partial charge in [0.15, 0.2) is 0 Å². The molecule has 0 N–H and O–H groups in total. The summed E-state index contributed by atoms with van der Waals surface area (Å²) in [6.45, 7) is 9.26. The molecule has 0 atom stereocenters. The Morgan fingerprint density at radius 2 is 2.00 bits per heavy atom. The Morgan fingerprint density at radius 1 is 1.50 bits per heavy atom. The molecule has 0 aromatic carbocycles. The van der Waals surface area contributed by atoms with Crippen molar-refractivity contribution in [3.05, 3.63) is 24.3 Å². The van der Waals surface area contributed by atoms with Crippen LogP contribution in [-0.4, -0.2) is 6.29 Å². The minimum atomic E-state index is -0.349. The fraction of sp³-hybridized carbons (Fsp3) is 0.444. The van der Waals surface area contributed by atoms with Gasteiger partial charge in [0, 0.05) is 5.41 Å². The molecule has 0 radical (unpaired) electrons. The molecule has 0 heterocycles. The van der Waals surface area contributed by atoms with Crippen molar-refractivity contribution in [2.45, 2.75) is 20.8 Å². The second-order valence-corrected chi connectivity index (χ2v) is 3.03. The largest absolute Gasteiger partial charge is 0.302 e. The number of hydrogen-bond donors (Lipinski definition) is 0. The van der Waals surface area contributed by atoms with Gasteiger partial charge in [0.1, 0.15) is 6.29 Å². The summed E-state index contributed by atoms with van der Waals surface area (Å²) in [7, 11) is 0. The third kappa shape index (κ3) is 3.23. The van der Waals surface area contributed by atoms with Crippen LogP contribution < -0.4 is 0 Å². The minimum absolute atomic E-state index is 0.349. The van der Waals surface area contributed by atoms with Crippen LogP contribution in [0.4, 0.5) is 0 Å². The minimum Gasteiger partial charge on any atom is -0.302 e. The van der Waals surface area contributed by atoms with E-state index in [9.17, 15) is 4.79 Å². The molecular formula is C9H14O. The van der Waals surface area contributed by atoms with Crippen LogP contribution in [0, 0.1) is 5.41 Å². The van der Waals surface area contributed by atoms with E-state index in [1.807, 2.05) is 26.8 Å². The first kappa shape index (κ1) is 9.15. The van der Waals surface area contributed by atoms with E-state index in [4.69, 9.17) is 0 Å². The quantitative estimate of drug-likeness (QED) is 0.432. The zero-order chi connectivity index (χ0) is 8.20. The Hall–Kier alpha value is -0.850. The zero-order valence-corrected chi connectivity index (χ0v) is 6.85. The maximum absolute atomic E-state index is 10.4. The molecule has 0 aliphatic heterocycles. The lowest BCUT2D eigenvalue weighted by molar-refractivity contribution is -0.112. The van der Waals surface area contributed by atoms with Crippen LogP contribution in [-0.2, 0) is 4.79 Å². The van der Waals surface area contributed by atoms with Gasteiger partial charge in [-0.25, -0.2) is 0 Å². The van der Waals surface area contributed by atoms with Gasteiger partial charge in [0.2, 0.25) is 0 Å². The van der Waals surface area contributed by atoms with Gasteiger partial charge in [-0.2, -0.15) is 0 Å². The third-order valence-corrected chi connectivity index (χ3v) is 1.23. The predicted molar refractivity (Wildman–Crippen MR) is 43.8 cm³/mol. The molecule has 0 saturated carbocycles. The summed E-state index contributed by atoms with van der Waals surface area (Å²) in [6.07, 6.45) is 4.57. The van der Waals surface area contributed by atoms with Gasteiger partial charge < -0.3 is 4.79 Å². The fourth-order valence-corrected chi connectivity index (χ4v) is 0.680. The highest BCUT2D eigenvalue weighted by Crippen LogP contribution is 2.15.